The second-order valence-corrected chi connectivity index (χ2v) is 6.75. The minimum Gasteiger partial charge on any atom is -0.0772 e. The highest BCUT2D eigenvalue weighted by molar-refractivity contribution is 5.53. The third-order valence-electron chi connectivity index (χ3n) is 5.34. The van der Waals surface area contributed by atoms with E-state index in [-0.39, 0.29) is 5.41 Å². The monoisotopic (exact) mass is 316 g/mol. The van der Waals surface area contributed by atoms with Crippen LogP contribution in [0, 0.1) is 0 Å². The highest BCUT2D eigenvalue weighted by Crippen LogP contribution is 2.47. The largest absolute Gasteiger partial charge is 0.0772 e. The lowest BCUT2D eigenvalue weighted by Gasteiger charge is -2.37. The smallest absolute Gasteiger partial charge is 0.0417 e. The molecule has 124 valence electrons. The molecule has 0 aliphatic heterocycles. The molecule has 0 atom stereocenters. The van der Waals surface area contributed by atoms with E-state index in [0.717, 1.165) is 12.8 Å². The molecule has 0 fully saturated rings. The Morgan fingerprint density at radius 2 is 1.42 bits per heavy atom. The molecular formula is C24H28. The number of unbranched alkanes of at least 4 members (excludes halogenated alkanes) is 1. The van der Waals surface area contributed by atoms with Gasteiger partial charge in [-0.25, -0.2) is 0 Å². The normalized spacial score (nSPS) is 14.4. The lowest BCUT2D eigenvalue weighted by molar-refractivity contribution is 0.512. The van der Waals surface area contributed by atoms with Gasteiger partial charge in [0.05, 0.1) is 0 Å². The van der Waals surface area contributed by atoms with Crippen LogP contribution in [0.25, 0.3) is 0 Å². The van der Waals surface area contributed by atoms with Crippen LogP contribution < -0.4 is 0 Å². The molecule has 0 unspecified atom stereocenters. The van der Waals surface area contributed by atoms with Gasteiger partial charge in [0.2, 0.25) is 0 Å². The lowest BCUT2D eigenvalue weighted by atomic mass is 9.65. The van der Waals surface area contributed by atoms with Crippen LogP contribution in [0.5, 0.6) is 0 Å². The van der Waals surface area contributed by atoms with Crippen LogP contribution in [-0.4, -0.2) is 0 Å². The molecule has 0 nitrogen and oxygen atoms in total. The summed E-state index contributed by atoms with van der Waals surface area (Å²) in [4.78, 5) is 0. The van der Waals surface area contributed by atoms with Gasteiger partial charge in [-0.3, -0.25) is 0 Å². The Balaban J connectivity index is 2.18. The number of benzene rings is 2. The first kappa shape index (κ1) is 16.8. The molecule has 0 N–H and O–H groups in total. The fraction of sp³-hybridized carbons (Fsp3) is 0.333. The molecule has 0 saturated heterocycles. The average molecular weight is 316 g/mol. The van der Waals surface area contributed by atoms with Gasteiger partial charge in [-0.15, -0.1) is 0 Å². The molecule has 0 bridgehead atoms. The standard InChI is InChI=1S/C24H28/c1-3-5-18-24(21-12-8-6-9-13-21,22-14-10-7-11-15-22)23-17-16-20(4-2)19-23/h6-16,19H,3-5,17-18H2,1-2H3. The Labute approximate surface area is 146 Å². The maximum atomic E-state index is 2.47. The van der Waals surface area contributed by atoms with Crippen molar-refractivity contribution >= 4 is 0 Å². The first-order valence-corrected chi connectivity index (χ1v) is 9.32. The molecule has 3 rings (SSSR count). The molecule has 24 heavy (non-hydrogen) atoms. The summed E-state index contributed by atoms with van der Waals surface area (Å²) in [6.45, 7) is 4.55. The predicted octanol–water partition coefficient (Wildman–Crippen LogP) is 6.83. The number of rotatable bonds is 7. The molecule has 0 heteroatoms. The minimum atomic E-state index is 0.00590. The van der Waals surface area contributed by atoms with E-state index in [9.17, 15) is 0 Å². The Morgan fingerprint density at radius 3 is 1.88 bits per heavy atom. The Hall–Kier alpha value is -2.08. The number of hydrogen-bond acceptors (Lipinski definition) is 0. The molecule has 1 aliphatic carbocycles. The second kappa shape index (κ2) is 7.66. The van der Waals surface area contributed by atoms with E-state index in [2.05, 4.69) is 86.7 Å². The van der Waals surface area contributed by atoms with E-state index < -0.39 is 0 Å². The van der Waals surface area contributed by atoms with Gasteiger partial charge < -0.3 is 0 Å². The highest BCUT2D eigenvalue weighted by atomic mass is 14.4. The van der Waals surface area contributed by atoms with Gasteiger partial charge in [-0.1, -0.05) is 111 Å². The van der Waals surface area contributed by atoms with Crippen molar-refractivity contribution in [3.05, 3.63) is 95.1 Å². The summed E-state index contributed by atoms with van der Waals surface area (Å²) < 4.78 is 0. The zero-order chi connectivity index (χ0) is 16.8. The first-order chi connectivity index (χ1) is 11.8. The Kier molecular flexibility index (Phi) is 5.35. The third-order valence-corrected chi connectivity index (χ3v) is 5.34. The molecule has 2 aromatic rings. The maximum absolute atomic E-state index is 2.47. The molecule has 0 saturated carbocycles. The van der Waals surface area contributed by atoms with Crippen LogP contribution in [0.1, 0.15) is 57.1 Å². The molecule has 2 aromatic carbocycles. The van der Waals surface area contributed by atoms with Crippen LogP contribution in [0.15, 0.2) is 84.0 Å². The van der Waals surface area contributed by atoms with Crippen LogP contribution >= 0.6 is 0 Å². The van der Waals surface area contributed by atoms with Gasteiger partial charge >= 0.3 is 0 Å². The minimum absolute atomic E-state index is 0.00590. The lowest BCUT2D eigenvalue weighted by Crippen LogP contribution is -2.30. The number of allylic oxidation sites excluding steroid dienone is 4. The summed E-state index contributed by atoms with van der Waals surface area (Å²) in [5.41, 5.74) is 5.91. The summed E-state index contributed by atoms with van der Waals surface area (Å²) in [5.74, 6) is 0. The van der Waals surface area contributed by atoms with Gasteiger partial charge in [-0.05, 0) is 30.4 Å². The Bertz CT molecular complexity index is 665. The van der Waals surface area contributed by atoms with E-state index in [1.54, 1.807) is 5.57 Å². The van der Waals surface area contributed by atoms with Gasteiger partial charge in [0.25, 0.3) is 0 Å². The first-order valence-electron chi connectivity index (χ1n) is 9.32. The highest BCUT2D eigenvalue weighted by Gasteiger charge is 2.37. The molecule has 0 spiro atoms. The fourth-order valence-corrected chi connectivity index (χ4v) is 4.00. The predicted molar refractivity (Wildman–Crippen MR) is 104 cm³/mol. The summed E-state index contributed by atoms with van der Waals surface area (Å²) in [5, 5.41) is 0. The summed E-state index contributed by atoms with van der Waals surface area (Å²) in [6.07, 6.45) is 10.7. The van der Waals surface area contributed by atoms with Crippen LogP contribution in [0.2, 0.25) is 0 Å². The van der Waals surface area contributed by atoms with Crippen LogP contribution in [0.3, 0.4) is 0 Å². The van der Waals surface area contributed by atoms with Crippen molar-refractivity contribution in [2.45, 2.75) is 51.4 Å². The van der Waals surface area contributed by atoms with Gasteiger partial charge in [0.1, 0.15) is 0 Å². The van der Waals surface area contributed by atoms with Crippen molar-refractivity contribution in [2.75, 3.05) is 0 Å². The molecule has 0 amide bonds. The van der Waals surface area contributed by atoms with Crippen molar-refractivity contribution in [1.29, 1.82) is 0 Å². The van der Waals surface area contributed by atoms with Gasteiger partial charge in [0, 0.05) is 5.41 Å². The molecule has 0 heterocycles. The van der Waals surface area contributed by atoms with Crippen molar-refractivity contribution in [1.82, 2.24) is 0 Å². The van der Waals surface area contributed by atoms with E-state index >= 15 is 0 Å². The quantitative estimate of drug-likeness (QED) is 0.525. The SMILES string of the molecule is CCCCC(C1=CC(CC)=CC1)(c1ccccc1)c1ccccc1. The third kappa shape index (κ3) is 3.11. The molecule has 0 aromatic heterocycles. The topological polar surface area (TPSA) is 0 Å². The van der Waals surface area contributed by atoms with Gasteiger partial charge in [-0.2, -0.15) is 0 Å². The zero-order valence-corrected chi connectivity index (χ0v) is 15.0. The molecule has 0 radical (unpaired) electrons. The number of hydrogen-bond donors (Lipinski definition) is 0. The zero-order valence-electron chi connectivity index (χ0n) is 15.0. The fourth-order valence-electron chi connectivity index (χ4n) is 4.00. The summed E-state index contributed by atoms with van der Waals surface area (Å²) in [7, 11) is 0. The van der Waals surface area contributed by atoms with E-state index in [1.807, 2.05) is 0 Å². The molecular weight excluding hydrogens is 288 g/mol. The Morgan fingerprint density at radius 1 is 0.833 bits per heavy atom. The molecule has 1 aliphatic rings. The van der Waals surface area contributed by atoms with Gasteiger partial charge in [0.15, 0.2) is 0 Å². The average Bonchev–Trinajstić information content (AvgIpc) is 3.14. The van der Waals surface area contributed by atoms with E-state index in [1.165, 1.54) is 36.0 Å². The van der Waals surface area contributed by atoms with Crippen molar-refractivity contribution in [3.63, 3.8) is 0 Å². The van der Waals surface area contributed by atoms with E-state index in [0.29, 0.717) is 0 Å². The summed E-state index contributed by atoms with van der Waals surface area (Å²) >= 11 is 0. The van der Waals surface area contributed by atoms with Crippen LogP contribution in [-0.2, 0) is 5.41 Å². The van der Waals surface area contributed by atoms with Crippen molar-refractivity contribution in [3.8, 4) is 0 Å². The van der Waals surface area contributed by atoms with Crippen LogP contribution in [0.4, 0.5) is 0 Å². The van der Waals surface area contributed by atoms with Crippen molar-refractivity contribution < 1.29 is 0 Å². The van der Waals surface area contributed by atoms with Crippen molar-refractivity contribution in [2.24, 2.45) is 0 Å². The second-order valence-electron chi connectivity index (χ2n) is 6.75. The van der Waals surface area contributed by atoms with E-state index in [4.69, 9.17) is 0 Å². The maximum Gasteiger partial charge on any atom is 0.0417 e. The summed E-state index contributed by atoms with van der Waals surface area (Å²) in [6, 6.07) is 22.2.